The van der Waals surface area contributed by atoms with E-state index < -0.39 is 0 Å². The maximum Gasteiger partial charge on any atom is 0.254 e. The molecule has 1 aromatic heterocycles. The number of benzene rings is 1. The summed E-state index contributed by atoms with van der Waals surface area (Å²) in [6, 6.07) is 7.58. The molecule has 2 heterocycles. The lowest BCUT2D eigenvalue weighted by molar-refractivity contribution is 0.0762. The van der Waals surface area contributed by atoms with Gasteiger partial charge in [0.05, 0.1) is 17.9 Å². The molecule has 1 aromatic carbocycles. The Hall–Kier alpha value is -2.30. The van der Waals surface area contributed by atoms with E-state index in [-0.39, 0.29) is 5.91 Å². The van der Waals surface area contributed by atoms with Gasteiger partial charge in [0, 0.05) is 24.3 Å². The fraction of sp³-hybridized carbons (Fsp3) is 0.333. The van der Waals surface area contributed by atoms with Gasteiger partial charge in [0.15, 0.2) is 0 Å². The van der Waals surface area contributed by atoms with E-state index in [0.717, 1.165) is 29.1 Å². The van der Waals surface area contributed by atoms with Crippen molar-refractivity contribution >= 4 is 11.6 Å². The van der Waals surface area contributed by atoms with Crippen molar-refractivity contribution in [3.8, 4) is 0 Å². The molecule has 0 spiro atoms. The minimum atomic E-state index is 0.0498. The normalized spacial score (nSPS) is 13.9. The number of carbonyl (C=O) groups is 1. The first kappa shape index (κ1) is 12.7. The molecule has 0 atom stereocenters. The molecule has 104 valence electrons. The Kier molecular flexibility index (Phi) is 2.97. The summed E-state index contributed by atoms with van der Waals surface area (Å²) in [4.78, 5) is 14.2. The summed E-state index contributed by atoms with van der Waals surface area (Å²) in [5.41, 5.74) is 10.2. The molecule has 20 heavy (non-hydrogen) atoms. The number of fused-ring (bicyclic) bond motifs is 1. The van der Waals surface area contributed by atoms with Crippen LogP contribution in [0.5, 0.6) is 0 Å². The van der Waals surface area contributed by atoms with Crippen LogP contribution in [0.15, 0.2) is 24.3 Å². The number of hydrogen-bond donors (Lipinski definition) is 1. The SMILES string of the molecule is CCn1nc(C)cc1CN1Cc2ccc(N)cc2C1=O. The minimum Gasteiger partial charge on any atom is -0.399 e. The lowest BCUT2D eigenvalue weighted by Gasteiger charge is -2.16. The lowest BCUT2D eigenvalue weighted by Crippen LogP contribution is -2.24. The van der Waals surface area contributed by atoms with E-state index in [0.29, 0.717) is 18.8 Å². The number of nitrogens with two attached hydrogens (primary N) is 1. The number of hydrogen-bond acceptors (Lipinski definition) is 3. The highest BCUT2D eigenvalue weighted by Crippen LogP contribution is 2.26. The molecule has 3 rings (SSSR count). The third kappa shape index (κ3) is 2.05. The monoisotopic (exact) mass is 270 g/mol. The van der Waals surface area contributed by atoms with Crippen LogP contribution in [0.3, 0.4) is 0 Å². The fourth-order valence-corrected chi connectivity index (χ4v) is 2.70. The van der Waals surface area contributed by atoms with E-state index in [4.69, 9.17) is 5.73 Å². The van der Waals surface area contributed by atoms with Crippen molar-refractivity contribution in [2.75, 3.05) is 5.73 Å². The van der Waals surface area contributed by atoms with Crippen LogP contribution >= 0.6 is 0 Å². The molecule has 0 bridgehead atoms. The van der Waals surface area contributed by atoms with E-state index in [1.54, 1.807) is 6.07 Å². The fourth-order valence-electron chi connectivity index (χ4n) is 2.70. The Balaban J connectivity index is 1.85. The van der Waals surface area contributed by atoms with Crippen LogP contribution in [0.1, 0.15) is 34.2 Å². The largest absolute Gasteiger partial charge is 0.399 e. The first-order chi connectivity index (χ1) is 9.58. The van der Waals surface area contributed by atoms with Crippen LogP contribution in [-0.4, -0.2) is 20.6 Å². The zero-order valence-corrected chi connectivity index (χ0v) is 11.8. The zero-order chi connectivity index (χ0) is 14.3. The zero-order valence-electron chi connectivity index (χ0n) is 11.8. The first-order valence-corrected chi connectivity index (χ1v) is 6.79. The summed E-state index contributed by atoms with van der Waals surface area (Å²) in [5.74, 6) is 0.0498. The highest BCUT2D eigenvalue weighted by molar-refractivity contribution is 5.99. The summed E-state index contributed by atoms with van der Waals surface area (Å²) < 4.78 is 1.94. The van der Waals surface area contributed by atoms with Crippen molar-refractivity contribution < 1.29 is 4.79 Å². The molecule has 1 amide bonds. The molecule has 0 aliphatic carbocycles. The van der Waals surface area contributed by atoms with E-state index in [2.05, 4.69) is 12.0 Å². The van der Waals surface area contributed by atoms with Crippen LogP contribution in [-0.2, 0) is 19.6 Å². The molecule has 0 fully saturated rings. The average molecular weight is 270 g/mol. The van der Waals surface area contributed by atoms with E-state index in [9.17, 15) is 4.79 Å². The van der Waals surface area contributed by atoms with Gasteiger partial charge < -0.3 is 10.6 Å². The van der Waals surface area contributed by atoms with Crippen molar-refractivity contribution in [3.63, 3.8) is 0 Å². The average Bonchev–Trinajstić information content (AvgIpc) is 2.92. The molecule has 0 radical (unpaired) electrons. The predicted molar refractivity (Wildman–Crippen MR) is 77.1 cm³/mol. The van der Waals surface area contributed by atoms with Gasteiger partial charge in [0.2, 0.25) is 0 Å². The van der Waals surface area contributed by atoms with Gasteiger partial charge in [0.25, 0.3) is 5.91 Å². The molecule has 5 nitrogen and oxygen atoms in total. The highest BCUT2D eigenvalue weighted by Gasteiger charge is 2.28. The number of nitrogen functional groups attached to an aromatic ring is 1. The Labute approximate surface area is 118 Å². The van der Waals surface area contributed by atoms with Crippen LogP contribution in [0.2, 0.25) is 0 Å². The van der Waals surface area contributed by atoms with Gasteiger partial charge in [-0.3, -0.25) is 9.48 Å². The van der Waals surface area contributed by atoms with Crippen LogP contribution in [0.4, 0.5) is 5.69 Å². The van der Waals surface area contributed by atoms with Gasteiger partial charge >= 0.3 is 0 Å². The molecular formula is C15H18N4O. The minimum absolute atomic E-state index is 0.0498. The lowest BCUT2D eigenvalue weighted by atomic mass is 10.1. The standard InChI is InChI=1S/C15H18N4O/c1-3-19-13(6-10(2)17-19)9-18-8-11-4-5-12(16)7-14(11)15(18)20/h4-7H,3,8-9,16H2,1-2H3. The molecule has 2 N–H and O–H groups in total. The van der Waals surface area contributed by atoms with E-state index in [1.165, 1.54) is 0 Å². The molecular weight excluding hydrogens is 252 g/mol. The molecule has 5 heteroatoms. The topological polar surface area (TPSA) is 64.2 Å². The molecule has 0 saturated heterocycles. The molecule has 0 unspecified atom stereocenters. The Bertz CT molecular complexity index is 675. The maximum atomic E-state index is 12.4. The number of aryl methyl sites for hydroxylation is 2. The van der Waals surface area contributed by atoms with Gasteiger partial charge in [-0.25, -0.2) is 0 Å². The quantitative estimate of drug-likeness (QED) is 0.867. The second kappa shape index (κ2) is 4.67. The van der Waals surface area contributed by atoms with Gasteiger partial charge in [-0.2, -0.15) is 5.10 Å². The van der Waals surface area contributed by atoms with E-state index >= 15 is 0 Å². The third-order valence-electron chi connectivity index (χ3n) is 3.65. The smallest absolute Gasteiger partial charge is 0.254 e. The van der Waals surface area contributed by atoms with Crippen LogP contribution < -0.4 is 5.73 Å². The number of carbonyl (C=O) groups excluding carboxylic acids is 1. The van der Waals surface area contributed by atoms with Crippen molar-refractivity contribution in [2.24, 2.45) is 0 Å². The Morgan fingerprint density at radius 3 is 2.90 bits per heavy atom. The van der Waals surface area contributed by atoms with Crippen molar-refractivity contribution in [1.82, 2.24) is 14.7 Å². The summed E-state index contributed by atoms with van der Waals surface area (Å²) >= 11 is 0. The maximum absolute atomic E-state index is 12.4. The first-order valence-electron chi connectivity index (χ1n) is 6.79. The van der Waals surface area contributed by atoms with Gasteiger partial charge in [0.1, 0.15) is 0 Å². The molecule has 1 aliphatic rings. The van der Waals surface area contributed by atoms with Crippen molar-refractivity contribution in [1.29, 1.82) is 0 Å². The summed E-state index contributed by atoms with van der Waals surface area (Å²) in [6.07, 6.45) is 0. The molecule has 0 saturated carbocycles. The predicted octanol–water partition coefficient (Wildman–Crippen LogP) is 1.95. The van der Waals surface area contributed by atoms with Gasteiger partial charge in [-0.15, -0.1) is 0 Å². The molecule has 1 aliphatic heterocycles. The summed E-state index contributed by atoms with van der Waals surface area (Å²) in [5, 5.41) is 4.42. The number of anilines is 1. The number of amides is 1. The van der Waals surface area contributed by atoms with Gasteiger partial charge in [-0.1, -0.05) is 6.07 Å². The van der Waals surface area contributed by atoms with Crippen molar-refractivity contribution in [2.45, 2.75) is 33.5 Å². The highest BCUT2D eigenvalue weighted by atomic mass is 16.2. The van der Waals surface area contributed by atoms with Crippen LogP contribution in [0.25, 0.3) is 0 Å². The second-order valence-corrected chi connectivity index (χ2v) is 5.17. The van der Waals surface area contributed by atoms with Crippen molar-refractivity contribution in [3.05, 3.63) is 46.8 Å². The number of aromatic nitrogens is 2. The van der Waals surface area contributed by atoms with Gasteiger partial charge in [-0.05, 0) is 37.6 Å². The van der Waals surface area contributed by atoms with E-state index in [1.807, 2.05) is 34.7 Å². The number of nitrogens with zero attached hydrogens (tertiary/aromatic N) is 3. The number of rotatable bonds is 3. The summed E-state index contributed by atoms with van der Waals surface area (Å²) in [6.45, 7) is 6.06. The summed E-state index contributed by atoms with van der Waals surface area (Å²) in [7, 11) is 0. The van der Waals surface area contributed by atoms with Crippen LogP contribution in [0, 0.1) is 6.92 Å². The molecule has 2 aromatic rings. The Morgan fingerprint density at radius 1 is 1.35 bits per heavy atom. The Morgan fingerprint density at radius 2 is 2.15 bits per heavy atom. The second-order valence-electron chi connectivity index (χ2n) is 5.17. The third-order valence-corrected chi connectivity index (χ3v) is 3.65.